The van der Waals surface area contributed by atoms with Crippen molar-refractivity contribution in [2.45, 2.75) is 25.7 Å². The van der Waals surface area contributed by atoms with E-state index < -0.39 is 31.7 Å². The maximum Gasteiger partial charge on any atom is 0.439 e. The molecule has 0 aliphatic carbocycles. The zero-order valence-electron chi connectivity index (χ0n) is 18.6. The Labute approximate surface area is 186 Å². The number of hydrogen-bond acceptors (Lipinski definition) is 6. The lowest BCUT2D eigenvalue weighted by Crippen LogP contribution is -2.39. The molecule has 0 saturated carbocycles. The van der Waals surface area contributed by atoms with Crippen molar-refractivity contribution >= 4 is 30.8 Å². The summed E-state index contributed by atoms with van der Waals surface area (Å²) in [6, 6.07) is 13.5. The molecule has 0 fully saturated rings. The Hall–Kier alpha value is -3.66. The van der Waals surface area contributed by atoms with Gasteiger partial charge < -0.3 is 15.0 Å². The van der Waals surface area contributed by atoms with Crippen molar-refractivity contribution in [3.05, 3.63) is 70.5 Å². The van der Waals surface area contributed by atoms with E-state index in [1.54, 1.807) is 31.4 Å². The number of aromatic amines is 1. The standard InChI is InChI=1S/C22H26N4O5Si/c1-26(21(28)19-24-22(29)31-25-19)18(14-6-10-16(30-2)11-7-14)20(27)23-15-8-12-17(13-9-15)32(3,4)5/h6-13,18H,1-5H3,(H,23,27)(H,24,25,29). The fourth-order valence-electron chi connectivity index (χ4n) is 3.21. The zero-order chi connectivity index (χ0) is 23.5. The van der Waals surface area contributed by atoms with E-state index in [-0.39, 0.29) is 5.82 Å². The lowest BCUT2D eigenvalue weighted by Gasteiger charge is -2.27. The molecule has 9 nitrogen and oxygen atoms in total. The van der Waals surface area contributed by atoms with Crippen molar-refractivity contribution in [3.8, 4) is 5.75 Å². The Kier molecular flexibility index (Phi) is 6.63. The number of anilines is 1. The minimum absolute atomic E-state index is 0.289. The van der Waals surface area contributed by atoms with E-state index in [0.29, 0.717) is 17.0 Å². The van der Waals surface area contributed by atoms with Crippen molar-refractivity contribution in [2.75, 3.05) is 19.5 Å². The van der Waals surface area contributed by atoms with Gasteiger partial charge in [-0.2, -0.15) is 0 Å². The van der Waals surface area contributed by atoms with Crippen molar-refractivity contribution < 1.29 is 18.8 Å². The molecule has 1 aromatic heterocycles. The molecule has 168 valence electrons. The fourth-order valence-corrected chi connectivity index (χ4v) is 4.37. The summed E-state index contributed by atoms with van der Waals surface area (Å²) in [6.45, 7) is 6.74. The number of likely N-dealkylation sites (N-methyl/N-ethyl adjacent to an activating group) is 1. The normalized spacial score (nSPS) is 12.2. The van der Waals surface area contributed by atoms with E-state index in [1.165, 1.54) is 17.1 Å². The molecule has 0 saturated heterocycles. The van der Waals surface area contributed by atoms with E-state index in [0.717, 1.165) is 0 Å². The van der Waals surface area contributed by atoms with E-state index in [9.17, 15) is 14.4 Å². The van der Waals surface area contributed by atoms with Crippen molar-refractivity contribution in [1.29, 1.82) is 0 Å². The number of aromatic nitrogens is 2. The number of carbonyl (C=O) groups excluding carboxylic acids is 2. The average molecular weight is 455 g/mol. The van der Waals surface area contributed by atoms with Gasteiger partial charge in [0.15, 0.2) is 0 Å². The van der Waals surface area contributed by atoms with Crippen LogP contribution in [0.5, 0.6) is 5.75 Å². The molecule has 3 rings (SSSR count). The highest BCUT2D eigenvalue weighted by Crippen LogP contribution is 2.25. The Morgan fingerprint density at radius 3 is 2.22 bits per heavy atom. The molecule has 32 heavy (non-hydrogen) atoms. The summed E-state index contributed by atoms with van der Waals surface area (Å²) in [5.41, 5.74) is 1.18. The summed E-state index contributed by atoms with van der Waals surface area (Å²) in [5, 5.41) is 7.58. The molecule has 1 atom stereocenters. The monoisotopic (exact) mass is 454 g/mol. The Morgan fingerprint density at radius 2 is 1.72 bits per heavy atom. The van der Waals surface area contributed by atoms with Gasteiger partial charge in [0.1, 0.15) is 11.8 Å². The maximum atomic E-state index is 13.3. The number of rotatable bonds is 7. The fraction of sp³-hybridized carbons (Fsp3) is 0.273. The quantitative estimate of drug-likeness (QED) is 0.529. The van der Waals surface area contributed by atoms with Gasteiger partial charge in [-0.15, -0.1) is 0 Å². The molecule has 10 heteroatoms. The van der Waals surface area contributed by atoms with Crippen molar-refractivity contribution in [3.63, 3.8) is 0 Å². The smallest absolute Gasteiger partial charge is 0.439 e. The lowest BCUT2D eigenvalue weighted by molar-refractivity contribution is -0.120. The van der Waals surface area contributed by atoms with Gasteiger partial charge in [-0.25, -0.2) is 4.79 Å². The first-order valence-corrected chi connectivity index (χ1v) is 13.5. The molecule has 2 amide bonds. The van der Waals surface area contributed by atoms with Crippen LogP contribution in [0.2, 0.25) is 19.6 Å². The summed E-state index contributed by atoms with van der Waals surface area (Å²) < 4.78 is 9.61. The molecule has 3 aromatic rings. The number of nitrogens with one attached hydrogen (secondary N) is 2. The highest BCUT2D eigenvalue weighted by molar-refractivity contribution is 6.88. The Morgan fingerprint density at radius 1 is 1.09 bits per heavy atom. The number of amides is 2. The van der Waals surface area contributed by atoms with E-state index in [4.69, 9.17) is 4.74 Å². The topological polar surface area (TPSA) is 118 Å². The van der Waals surface area contributed by atoms with Crippen LogP contribution in [0, 0.1) is 0 Å². The van der Waals surface area contributed by atoms with Gasteiger partial charge in [0, 0.05) is 12.7 Å². The number of nitrogens with zero attached hydrogens (tertiary/aromatic N) is 2. The van der Waals surface area contributed by atoms with Gasteiger partial charge in [-0.05, 0) is 35.0 Å². The highest BCUT2D eigenvalue weighted by Gasteiger charge is 2.31. The minimum atomic E-state index is -1.47. The first-order chi connectivity index (χ1) is 15.1. The predicted molar refractivity (Wildman–Crippen MR) is 123 cm³/mol. The second-order valence-corrected chi connectivity index (χ2v) is 13.4. The molecule has 0 spiro atoms. The molecule has 0 aliphatic rings. The molecular weight excluding hydrogens is 428 g/mol. The average Bonchev–Trinajstić information content (AvgIpc) is 3.19. The summed E-state index contributed by atoms with van der Waals surface area (Å²) >= 11 is 0. The van der Waals surface area contributed by atoms with Crippen LogP contribution < -0.4 is 21.0 Å². The van der Waals surface area contributed by atoms with Gasteiger partial charge >= 0.3 is 5.76 Å². The molecule has 2 aromatic carbocycles. The summed E-state index contributed by atoms with van der Waals surface area (Å²) in [7, 11) is 1.53. The highest BCUT2D eigenvalue weighted by atomic mass is 28.3. The summed E-state index contributed by atoms with van der Waals surface area (Å²) in [5.74, 6) is -1.61. The summed E-state index contributed by atoms with van der Waals surface area (Å²) in [4.78, 5) is 40.8. The van der Waals surface area contributed by atoms with Crippen LogP contribution in [0.15, 0.2) is 57.8 Å². The second-order valence-electron chi connectivity index (χ2n) is 8.35. The second kappa shape index (κ2) is 9.23. The van der Waals surface area contributed by atoms with E-state index in [2.05, 4.69) is 39.6 Å². The molecule has 0 bridgehead atoms. The molecule has 0 radical (unpaired) electrons. The van der Waals surface area contributed by atoms with Crippen LogP contribution in [0.3, 0.4) is 0 Å². The van der Waals surface area contributed by atoms with Crippen LogP contribution in [0.1, 0.15) is 22.2 Å². The molecule has 0 aliphatic heterocycles. The SMILES string of the molecule is COc1ccc(C(C(=O)Nc2ccc([Si](C)(C)C)cc2)N(C)C(=O)c2noc(=O)[nH]2)cc1. The number of methoxy groups -OCH3 is 1. The van der Waals surface area contributed by atoms with Gasteiger partial charge in [-0.1, -0.05) is 49.1 Å². The number of benzene rings is 2. The largest absolute Gasteiger partial charge is 0.497 e. The molecular formula is C22H26N4O5Si. The summed E-state index contributed by atoms with van der Waals surface area (Å²) in [6.07, 6.45) is 0. The Bertz CT molecular complexity index is 1150. The number of carbonyl (C=O) groups is 2. The lowest BCUT2D eigenvalue weighted by atomic mass is 10.0. The van der Waals surface area contributed by atoms with Gasteiger partial charge in [0.25, 0.3) is 11.8 Å². The van der Waals surface area contributed by atoms with Gasteiger partial charge in [0.05, 0.1) is 15.2 Å². The van der Waals surface area contributed by atoms with Crippen LogP contribution in [0.4, 0.5) is 5.69 Å². The third kappa shape index (κ3) is 5.14. The van der Waals surface area contributed by atoms with Crippen LogP contribution in [0.25, 0.3) is 0 Å². The Balaban J connectivity index is 1.91. The first-order valence-electron chi connectivity index (χ1n) is 9.98. The number of ether oxygens (including phenoxy) is 1. The molecule has 1 unspecified atom stereocenters. The van der Waals surface area contributed by atoms with Crippen LogP contribution >= 0.6 is 0 Å². The van der Waals surface area contributed by atoms with Crippen LogP contribution in [-0.2, 0) is 4.79 Å². The van der Waals surface area contributed by atoms with Gasteiger partial charge in [0.2, 0.25) is 5.82 Å². The van der Waals surface area contributed by atoms with Crippen LogP contribution in [-0.4, -0.2) is 49.1 Å². The third-order valence-corrected chi connectivity index (χ3v) is 7.11. The maximum absolute atomic E-state index is 13.3. The number of hydrogen-bond donors (Lipinski definition) is 2. The van der Waals surface area contributed by atoms with E-state index in [1.807, 2.05) is 24.3 Å². The molecule has 2 N–H and O–H groups in total. The zero-order valence-corrected chi connectivity index (χ0v) is 19.6. The predicted octanol–water partition coefficient (Wildman–Crippen LogP) is 2.37. The first kappa shape index (κ1) is 23.0. The third-order valence-electron chi connectivity index (χ3n) is 5.05. The van der Waals surface area contributed by atoms with Crippen molar-refractivity contribution in [1.82, 2.24) is 15.0 Å². The van der Waals surface area contributed by atoms with Crippen molar-refractivity contribution in [2.24, 2.45) is 0 Å². The molecule has 1 heterocycles. The van der Waals surface area contributed by atoms with Gasteiger partial charge in [-0.3, -0.25) is 19.1 Å². The van der Waals surface area contributed by atoms with E-state index >= 15 is 0 Å². The number of H-pyrrole nitrogens is 1. The minimum Gasteiger partial charge on any atom is -0.497 e.